The highest BCUT2D eigenvalue weighted by atomic mass is 35.5. The van der Waals surface area contributed by atoms with E-state index in [2.05, 4.69) is 21.3 Å². The maximum atomic E-state index is 12.8. The van der Waals surface area contributed by atoms with Gasteiger partial charge in [-0.25, -0.2) is 4.79 Å². The highest BCUT2D eigenvalue weighted by Gasteiger charge is 2.42. The van der Waals surface area contributed by atoms with Gasteiger partial charge in [0.1, 0.15) is 0 Å². The van der Waals surface area contributed by atoms with Crippen LogP contribution in [0.3, 0.4) is 0 Å². The van der Waals surface area contributed by atoms with E-state index in [9.17, 15) is 24.0 Å². The number of hydrogen-bond donors (Lipinski definition) is 4. The minimum Gasteiger partial charge on any atom is -0.356 e. The highest BCUT2D eigenvalue weighted by molar-refractivity contribution is 8.00. The maximum Gasteiger partial charge on any atom is 0.315 e. The van der Waals surface area contributed by atoms with E-state index in [0.29, 0.717) is 30.3 Å². The smallest absolute Gasteiger partial charge is 0.315 e. The summed E-state index contributed by atoms with van der Waals surface area (Å²) in [5.41, 5.74) is 0.893. The van der Waals surface area contributed by atoms with E-state index in [1.807, 2.05) is 11.8 Å². The van der Waals surface area contributed by atoms with Gasteiger partial charge in [-0.05, 0) is 38.7 Å². The van der Waals surface area contributed by atoms with E-state index in [1.165, 1.54) is 6.08 Å². The van der Waals surface area contributed by atoms with Crippen LogP contribution in [0.4, 0.5) is 4.79 Å². The number of unbranched alkanes of at least 4 members (excludes halogenated alkanes) is 4. The molecule has 0 aromatic heterocycles. The number of hydrogen-bond acceptors (Lipinski definition) is 6. The molecule has 0 bridgehead atoms. The van der Waals surface area contributed by atoms with Gasteiger partial charge in [-0.2, -0.15) is 11.8 Å². The summed E-state index contributed by atoms with van der Waals surface area (Å²) in [5.74, 6) is -0.0857. The first-order valence-electron chi connectivity index (χ1n) is 14.3. The number of allylic oxidation sites excluding steroid dienone is 3. The van der Waals surface area contributed by atoms with Crippen molar-refractivity contribution >= 4 is 52.8 Å². The molecule has 4 N–H and O–H groups in total. The Labute approximate surface area is 249 Å². The molecule has 2 unspecified atom stereocenters. The summed E-state index contributed by atoms with van der Waals surface area (Å²) < 4.78 is 0. The lowest BCUT2D eigenvalue weighted by Gasteiger charge is -2.16. The van der Waals surface area contributed by atoms with Crippen molar-refractivity contribution in [3.63, 3.8) is 0 Å². The van der Waals surface area contributed by atoms with Crippen LogP contribution in [0.2, 0.25) is 0 Å². The Bertz CT molecular complexity index is 1260. The molecular formula is C30H37ClN4O5S. The molecule has 9 nitrogen and oxygen atoms in total. The molecule has 41 heavy (non-hydrogen) atoms. The zero-order chi connectivity index (χ0) is 29.4. The first kappa shape index (κ1) is 30.8. The fourth-order valence-electron chi connectivity index (χ4n) is 5.31. The number of fused-ring (bicyclic) bond motifs is 2. The third-order valence-electron chi connectivity index (χ3n) is 7.61. The summed E-state index contributed by atoms with van der Waals surface area (Å²) in [7, 11) is 0. The lowest BCUT2D eigenvalue weighted by molar-refractivity contribution is -0.121. The Hall–Kier alpha value is -3.11. The van der Waals surface area contributed by atoms with Gasteiger partial charge in [0.05, 0.1) is 17.1 Å². The Balaban J connectivity index is 1.04. The van der Waals surface area contributed by atoms with E-state index in [0.717, 1.165) is 50.7 Å². The Morgan fingerprint density at radius 3 is 2.37 bits per heavy atom. The predicted molar refractivity (Wildman–Crippen MR) is 160 cm³/mol. The number of carbonyl (C=O) groups is 5. The molecule has 2 fully saturated rings. The van der Waals surface area contributed by atoms with Crippen LogP contribution in [0.1, 0.15) is 79.0 Å². The number of carbonyl (C=O) groups excluding carboxylic acids is 5. The number of nitrogens with one attached hydrogen (secondary N) is 4. The average molecular weight is 601 g/mol. The summed E-state index contributed by atoms with van der Waals surface area (Å²) in [6.07, 6.45) is 8.22. The molecular weight excluding hydrogens is 564 g/mol. The van der Waals surface area contributed by atoms with Crippen molar-refractivity contribution in [1.82, 2.24) is 21.3 Å². The average Bonchev–Trinajstić information content (AvgIpc) is 3.52. The zero-order valence-electron chi connectivity index (χ0n) is 23.2. The van der Waals surface area contributed by atoms with Crippen LogP contribution in [0, 0.1) is 0 Å². The highest BCUT2D eigenvalue weighted by Crippen LogP contribution is 2.33. The van der Waals surface area contributed by atoms with Gasteiger partial charge in [0.25, 0.3) is 0 Å². The second-order valence-corrected chi connectivity index (χ2v) is 12.3. The molecule has 2 heterocycles. The molecule has 0 saturated carbocycles. The summed E-state index contributed by atoms with van der Waals surface area (Å²) in [6, 6.07) is 6.88. The van der Waals surface area contributed by atoms with Gasteiger partial charge in [-0.15, -0.1) is 0 Å². The van der Waals surface area contributed by atoms with Gasteiger partial charge >= 0.3 is 6.03 Å². The van der Waals surface area contributed by atoms with E-state index < -0.39 is 5.78 Å². The zero-order valence-corrected chi connectivity index (χ0v) is 24.8. The molecule has 220 valence electrons. The molecule has 0 radical (unpaired) electrons. The van der Waals surface area contributed by atoms with Crippen molar-refractivity contribution < 1.29 is 24.0 Å². The predicted octanol–water partition coefficient (Wildman–Crippen LogP) is 4.02. The van der Waals surface area contributed by atoms with E-state index in [4.69, 9.17) is 11.6 Å². The van der Waals surface area contributed by atoms with Crippen molar-refractivity contribution in [3.05, 3.63) is 57.6 Å². The largest absolute Gasteiger partial charge is 0.356 e. The van der Waals surface area contributed by atoms with Crippen molar-refractivity contribution in [3.8, 4) is 0 Å². The summed E-state index contributed by atoms with van der Waals surface area (Å²) in [6.45, 7) is 2.71. The van der Waals surface area contributed by atoms with Gasteiger partial charge in [-0.1, -0.05) is 55.1 Å². The minimum absolute atomic E-state index is 0.0348. The molecule has 1 aromatic carbocycles. The molecule has 4 rings (SSSR count). The van der Waals surface area contributed by atoms with Crippen LogP contribution in [0.25, 0.3) is 0 Å². The first-order chi connectivity index (χ1) is 19.8. The number of ketones is 2. The second-order valence-electron chi connectivity index (χ2n) is 10.6. The normalized spacial score (nSPS) is 21.8. The molecule has 3 atom stereocenters. The van der Waals surface area contributed by atoms with E-state index >= 15 is 0 Å². The minimum atomic E-state index is -0.423. The topological polar surface area (TPSA) is 133 Å². The molecule has 1 aliphatic carbocycles. The van der Waals surface area contributed by atoms with Crippen LogP contribution in [0.5, 0.6) is 0 Å². The lowest BCUT2D eigenvalue weighted by Crippen LogP contribution is -2.36. The Morgan fingerprint density at radius 2 is 1.63 bits per heavy atom. The van der Waals surface area contributed by atoms with Crippen LogP contribution < -0.4 is 21.3 Å². The lowest BCUT2D eigenvalue weighted by atomic mass is 9.88. The van der Waals surface area contributed by atoms with Crippen molar-refractivity contribution in [2.45, 2.75) is 75.6 Å². The number of halogens is 1. The van der Waals surface area contributed by atoms with Crippen molar-refractivity contribution in [1.29, 1.82) is 0 Å². The molecule has 11 heteroatoms. The van der Waals surface area contributed by atoms with Crippen LogP contribution in [-0.2, 0) is 9.59 Å². The monoisotopic (exact) mass is 600 g/mol. The summed E-state index contributed by atoms with van der Waals surface area (Å²) in [4.78, 5) is 61.4. The van der Waals surface area contributed by atoms with Gasteiger partial charge < -0.3 is 21.3 Å². The number of benzene rings is 1. The van der Waals surface area contributed by atoms with Crippen LogP contribution in [0.15, 0.2) is 46.5 Å². The number of Topliss-reactive ketones (excluding diaryl/α,β-unsaturated/α-hetero) is 2. The summed E-state index contributed by atoms with van der Waals surface area (Å²) >= 11 is 8.07. The molecule has 1 aromatic rings. The first-order valence-corrected chi connectivity index (χ1v) is 15.7. The van der Waals surface area contributed by atoms with Crippen molar-refractivity contribution in [2.24, 2.45) is 0 Å². The van der Waals surface area contributed by atoms with Gasteiger partial charge in [0, 0.05) is 52.8 Å². The Morgan fingerprint density at radius 1 is 0.951 bits per heavy atom. The quantitative estimate of drug-likeness (QED) is 0.145. The van der Waals surface area contributed by atoms with Crippen molar-refractivity contribution in [2.75, 3.05) is 18.8 Å². The van der Waals surface area contributed by atoms with Gasteiger partial charge in [-0.3, -0.25) is 19.2 Å². The summed E-state index contributed by atoms with van der Waals surface area (Å²) in [5, 5.41) is 12.0. The molecule has 0 spiro atoms. The van der Waals surface area contributed by atoms with Gasteiger partial charge in [0.2, 0.25) is 17.6 Å². The standard InChI is InChI=1S/C30H37ClN4O5S/c1-18(16-21-25(31)28(38)20-11-5-4-10-19(20)27(21)37)29(39)33-15-9-3-2-8-14-32-24(36)13-7-6-12-23-26-22(17-41-23)34-30(40)35-26/h4-5,10-11,16,22-23,26H,2-3,6-9,12-15,17H2,1H3,(H,32,36)(H,33,39)(H2,34,35,40)/t22?,23?,26-/m0/s1. The molecule has 3 aliphatic rings. The molecule has 4 amide bonds. The Kier molecular flexibility index (Phi) is 11.0. The van der Waals surface area contributed by atoms with Crippen LogP contribution in [-0.4, -0.2) is 65.6 Å². The van der Waals surface area contributed by atoms with Gasteiger partial charge in [0.15, 0.2) is 5.78 Å². The SMILES string of the molecule is CC(=CC1=C(Cl)C(=O)c2ccccc2C1=O)C(=O)NCCCCCCNC(=O)CCCCC1SCC2NC(=O)N[C@@H]21. The maximum absolute atomic E-state index is 12.8. The molecule has 2 aliphatic heterocycles. The fourth-order valence-corrected chi connectivity index (χ4v) is 7.10. The number of rotatable bonds is 14. The van der Waals surface area contributed by atoms with Crippen LogP contribution >= 0.6 is 23.4 Å². The van der Waals surface area contributed by atoms with E-state index in [-0.39, 0.29) is 57.4 Å². The number of urea groups is 1. The molecule has 2 saturated heterocycles. The fraction of sp³-hybridized carbons (Fsp3) is 0.500. The third-order valence-corrected chi connectivity index (χ3v) is 9.49. The third kappa shape index (κ3) is 8.01. The second kappa shape index (κ2) is 14.7. The number of amides is 4. The number of thioether (sulfide) groups is 1. The van der Waals surface area contributed by atoms with E-state index in [1.54, 1.807) is 31.2 Å².